The van der Waals surface area contributed by atoms with Crippen molar-refractivity contribution in [3.63, 3.8) is 0 Å². The Morgan fingerprint density at radius 3 is 2.50 bits per heavy atom. The Balaban J connectivity index is 1.65. The van der Waals surface area contributed by atoms with Gasteiger partial charge in [0, 0.05) is 24.4 Å². The Morgan fingerprint density at radius 2 is 1.77 bits per heavy atom. The van der Waals surface area contributed by atoms with E-state index in [0.29, 0.717) is 17.2 Å². The van der Waals surface area contributed by atoms with Crippen LogP contribution in [0.25, 0.3) is 11.0 Å². The first-order chi connectivity index (χ1) is 12.6. The van der Waals surface area contributed by atoms with Gasteiger partial charge in [0.25, 0.3) is 5.91 Å². The third kappa shape index (κ3) is 3.22. The van der Waals surface area contributed by atoms with E-state index in [2.05, 4.69) is 12.2 Å². The Kier molecular flexibility index (Phi) is 4.70. The number of hydrogen-bond donors (Lipinski definition) is 1. The molecule has 4 rings (SSSR count). The summed E-state index contributed by atoms with van der Waals surface area (Å²) in [6.45, 7) is 3.70. The van der Waals surface area contributed by atoms with Crippen LogP contribution in [0.3, 0.4) is 0 Å². The summed E-state index contributed by atoms with van der Waals surface area (Å²) in [6.07, 6.45) is 6.07. The molecular formula is C21H26N2O3. The lowest BCUT2D eigenvalue weighted by atomic mass is 9.99. The molecule has 1 N–H and O–H groups in total. The fourth-order valence-electron chi connectivity index (χ4n) is 4.09. The molecular weight excluding hydrogens is 328 g/mol. The van der Waals surface area contributed by atoms with Gasteiger partial charge < -0.3 is 14.6 Å². The van der Waals surface area contributed by atoms with Crippen molar-refractivity contribution >= 4 is 28.5 Å². The van der Waals surface area contributed by atoms with Crippen LogP contribution in [0, 0.1) is 11.8 Å². The number of hydrogen-bond acceptors (Lipinski definition) is 3. The molecule has 138 valence electrons. The number of rotatable bonds is 3. The van der Waals surface area contributed by atoms with E-state index >= 15 is 0 Å². The maximum atomic E-state index is 13.1. The highest BCUT2D eigenvalue weighted by atomic mass is 16.3. The average Bonchev–Trinajstić information content (AvgIpc) is 3.30. The summed E-state index contributed by atoms with van der Waals surface area (Å²) in [6, 6.07) is 7.53. The van der Waals surface area contributed by atoms with Gasteiger partial charge in [-0.25, -0.2) is 0 Å². The van der Waals surface area contributed by atoms with Gasteiger partial charge in [-0.05, 0) is 43.7 Å². The second kappa shape index (κ2) is 7.14. The first-order valence-electron chi connectivity index (χ1n) is 9.75. The standard InChI is InChI=1S/C21H26N2O3/c1-14-10-12-23(13-11-14)21(25)19-18(16-8-4-5-9-17(16)26-19)22-20(24)15-6-2-3-7-15/h4-5,8-9,14-15H,2-3,6-7,10-13H2,1H3,(H,22,24). The number of nitrogens with zero attached hydrogens (tertiary/aromatic N) is 1. The minimum atomic E-state index is -0.116. The van der Waals surface area contributed by atoms with Crippen LogP contribution in [0.4, 0.5) is 5.69 Å². The third-order valence-electron chi connectivity index (χ3n) is 5.83. The Bertz CT molecular complexity index is 812. The maximum absolute atomic E-state index is 13.1. The van der Waals surface area contributed by atoms with Crippen molar-refractivity contribution in [2.24, 2.45) is 11.8 Å². The van der Waals surface area contributed by atoms with Gasteiger partial charge >= 0.3 is 0 Å². The van der Waals surface area contributed by atoms with E-state index in [1.807, 2.05) is 29.2 Å². The van der Waals surface area contributed by atoms with Gasteiger partial charge in [0.05, 0.1) is 0 Å². The maximum Gasteiger partial charge on any atom is 0.291 e. The number of amides is 2. The van der Waals surface area contributed by atoms with Crippen molar-refractivity contribution in [1.82, 2.24) is 4.90 Å². The van der Waals surface area contributed by atoms with E-state index in [0.717, 1.165) is 57.0 Å². The van der Waals surface area contributed by atoms with E-state index in [-0.39, 0.29) is 23.5 Å². The Labute approximate surface area is 153 Å². The number of benzene rings is 1. The number of piperidine rings is 1. The van der Waals surface area contributed by atoms with Gasteiger partial charge in [0.15, 0.2) is 0 Å². The molecule has 2 fully saturated rings. The van der Waals surface area contributed by atoms with Crippen molar-refractivity contribution in [3.05, 3.63) is 30.0 Å². The summed E-state index contributed by atoms with van der Waals surface area (Å²) >= 11 is 0. The van der Waals surface area contributed by atoms with Gasteiger partial charge in [-0.15, -0.1) is 0 Å². The third-order valence-corrected chi connectivity index (χ3v) is 5.83. The first kappa shape index (κ1) is 17.1. The minimum Gasteiger partial charge on any atom is -0.449 e. The second-order valence-corrected chi connectivity index (χ2v) is 7.75. The number of para-hydroxylation sites is 1. The van der Waals surface area contributed by atoms with Crippen molar-refractivity contribution in [3.8, 4) is 0 Å². The predicted octanol–water partition coefficient (Wildman–Crippen LogP) is 4.43. The molecule has 2 heterocycles. The lowest BCUT2D eigenvalue weighted by molar-refractivity contribution is -0.119. The van der Waals surface area contributed by atoms with Crippen molar-refractivity contribution in [2.45, 2.75) is 45.4 Å². The first-order valence-corrected chi connectivity index (χ1v) is 9.75. The van der Waals surface area contributed by atoms with Crippen LogP contribution in [0.2, 0.25) is 0 Å². The largest absolute Gasteiger partial charge is 0.449 e. The monoisotopic (exact) mass is 354 g/mol. The zero-order valence-electron chi connectivity index (χ0n) is 15.3. The predicted molar refractivity (Wildman–Crippen MR) is 101 cm³/mol. The molecule has 1 aromatic carbocycles. The van der Waals surface area contributed by atoms with E-state index in [9.17, 15) is 9.59 Å². The van der Waals surface area contributed by atoms with Crippen molar-refractivity contribution in [2.75, 3.05) is 18.4 Å². The van der Waals surface area contributed by atoms with Crippen LogP contribution in [-0.2, 0) is 4.79 Å². The molecule has 0 unspecified atom stereocenters. The van der Waals surface area contributed by atoms with Crippen molar-refractivity contribution < 1.29 is 14.0 Å². The SMILES string of the molecule is CC1CCN(C(=O)c2oc3ccccc3c2NC(=O)C2CCCC2)CC1. The molecule has 1 aliphatic heterocycles. The zero-order chi connectivity index (χ0) is 18.1. The Morgan fingerprint density at radius 1 is 1.08 bits per heavy atom. The number of likely N-dealkylation sites (tertiary alicyclic amines) is 1. The molecule has 2 aliphatic rings. The molecule has 1 saturated carbocycles. The number of carbonyl (C=O) groups excluding carboxylic acids is 2. The number of carbonyl (C=O) groups is 2. The molecule has 26 heavy (non-hydrogen) atoms. The summed E-state index contributed by atoms with van der Waals surface area (Å²) in [5, 5.41) is 3.82. The lowest BCUT2D eigenvalue weighted by Crippen LogP contribution is -2.38. The summed E-state index contributed by atoms with van der Waals surface area (Å²) < 4.78 is 5.90. The lowest BCUT2D eigenvalue weighted by Gasteiger charge is -2.29. The normalized spacial score (nSPS) is 19.2. The van der Waals surface area contributed by atoms with Gasteiger partial charge in [-0.1, -0.05) is 31.9 Å². The molecule has 2 amide bonds. The van der Waals surface area contributed by atoms with Crippen LogP contribution in [-0.4, -0.2) is 29.8 Å². The van der Waals surface area contributed by atoms with Crippen LogP contribution in [0.15, 0.2) is 28.7 Å². The summed E-state index contributed by atoms with van der Waals surface area (Å²) in [4.78, 5) is 27.6. The van der Waals surface area contributed by atoms with E-state index in [1.165, 1.54) is 0 Å². The van der Waals surface area contributed by atoms with Crippen LogP contribution in [0.5, 0.6) is 0 Å². The fraction of sp³-hybridized carbons (Fsp3) is 0.524. The summed E-state index contributed by atoms with van der Waals surface area (Å²) in [5.74, 6) is 0.857. The molecule has 0 spiro atoms. The topological polar surface area (TPSA) is 62.6 Å². The molecule has 5 heteroatoms. The molecule has 5 nitrogen and oxygen atoms in total. The molecule has 0 bridgehead atoms. The molecule has 0 radical (unpaired) electrons. The Hall–Kier alpha value is -2.30. The van der Waals surface area contributed by atoms with E-state index < -0.39 is 0 Å². The number of anilines is 1. The van der Waals surface area contributed by atoms with Gasteiger partial charge in [0.1, 0.15) is 11.3 Å². The van der Waals surface area contributed by atoms with Crippen LogP contribution in [0.1, 0.15) is 56.0 Å². The quantitative estimate of drug-likeness (QED) is 0.887. The van der Waals surface area contributed by atoms with Gasteiger partial charge in [-0.3, -0.25) is 9.59 Å². The second-order valence-electron chi connectivity index (χ2n) is 7.75. The highest BCUT2D eigenvalue weighted by Crippen LogP contribution is 2.34. The van der Waals surface area contributed by atoms with Crippen molar-refractivity contribution in [1.29, 1.82) is 0 Å². The molecule has 1 saturated heterocycles. The molecule has 1 aliphatic carbocycles. The van der Waals surface area contributed by atoms with E-state index in [4.69, 9.17) is 4.42 Å². The van der Waals surface area contributed by atoms with Crippen LogP contribution < -0.4 is 5.32 Å². The van der Waals surface area contributed by atoms with E-state index in [1.54, 1.807) is 0 Å². The zero-order valence-corrected chi connectivity index (χ0v) is 15.3. The van der Waals surface area contributed by atoms with Gasteiger partial charge in [0.2, 0.25) is 11.7 Å². The summed E-state index contributed by atoms with van der Waals surface area (Å²) in [5.41, 5.74) is 1.18. The molecule has 0 atom stereocenters. The number of fused-ring (bicyclic) bond motifs is 1. The highest BCUT2D eigenvalue weighted by molar-refractivity contribution is 6.11. The molecule has 1 aromatic heterocycles. The average molecular weight is 354 g/mol. The number of nitrogens with one attached hydrogen (secondary N) is 1. The van der Waals surface area contributed by atoms with Crippen LogP contribution >= 0.6 is 0 Å². The number of furan rings is 1. The fourth-order valence-corrected chi connectivity index (χ4v) is 4.09. The smallest absolute Gasteiger partial charge is 0.291 e. The molecule has 2 aromatic rings. The minimum absolute atomic E-state index is 0.00960. The van der Waals surface area contributed by atoms with Gasteiger partial charge in [-0.2, -0.15) is 0 Å². The summed E-state index contributed by atoms with van der Waals surface area (Å²) in [7, 11) is 0. The highest BCUT2D eigenvalue weighted by Gasteiger charge is 2.30.